The van der Waals surface area contributed by atoms with Crippen molar-refractivity contribution in [2.45, 2.75) is 58.0 Å². The monoisotopic (exact) mass is 373 g/mol. The molecule has 0 radical (unpaired) electrons. The van der Waals surface area contributed by atoms with Gasteiger partial charge in [-0.05, 0) is 76.9 Å². The Bertz CT molecular complexity index is 643. The van der Waals surface area contributed by atoms with E-state index in [1.165, 1.54) is 19.3 Å². The molecule has 0 unspecified atom stereocenters. The van der Waals surface area contributed by atoms with E-state index in [0.29, 0.717) is 11.3 Å². The number of carbonyl (C=O) groups is 1. The van der Waals surface area contributed by atoms with Gasteiger partial charge in [0.25, 0.3) is 0 Å². The number of likely N-dealkylation sites (N-methyl/N-ethyl adjacent to an activating group) is 1. The van der Waals surface area contributed by atoms with Crippen LogP contribution in [0.3, 0.4) is 0 Å². The van der Waals surface area contributed by atoms with Gasteiger partial charge in [-0.3, -0.25) is 9.69 Å². The summed E-state index contributed by atoms with van der Waals surface area (Å²) in [6.45, 7) is 8.29. The van der Waals surface area contributed by atoms with E-state index in [-0.39, 0.29) is 6.04 Å². The molecule has 1 amide bonds. The van der Waals surface area contributed by atoms with Gasteiger partial charge >= 0.3 is 0 Å². The summed E-state index contributed by atoms with van der Waals surface area (Å²) in [6, 6.07) is 0.105. The van der Waals surface area contributed by atoms with Crippen LogP contribution in [-0.4, -0.2) is 71.1 Å². The van der Waals surface area contributed by atoms with Crippen LogP contribution in [0.4, 0.5) is 0 Å². The molecule has 1 spiro atoms. The fourth-order valence-corrected chi connectivity index (χ4v) is 5.48. The topological polar surface area (TPSA) is 53.4 Å². The third-order valence-electron chi connectivity index (χ3n) is 7.32. The van der Waals surface area contributed by atoms with Crippen molar-refractivity contribution in [3.63, 3.8) is 0 Å². The number of aryl methyl sites for hydroxylation is 2. The molecule has 1 aromatic rings. The molecule has 6 nitrogen and oxygen atoms in total. The quantitative estimate of drug-likeness (QED) is 0.876. The zero-order chi connectivity index (χ0) is 18.9. The molecule has 0 saturated carbocycles. The van der Waals surface area contributed by atoms with Gasteiger partial charge in [0.1, 0.15) is 5.82 Å². The minimum Gasteiger partial charge on any atom is -0.341 e. The molecule has 3 saturated heterocycles. The molecule has 0 aliphatic carbocycles. The summed E-state index contributed by atoms with van der Waals surface area (Å²) in [4.78, 5) is 22.0. The minimum absolute atomic E-state index is 0.105. The number of aromatic nitrogens is 2. The molecular formula is C21H35N5O. The van der Waals surface area contributed by atoms with Gasteiger partial charge in [-0.25, -0.2) is 4.98 Å². The van der Waals surface area contributed by atoms with Crippen LogP contribution in [0.25, 0.3) is 0 Å². The summed E-state index contributed by atoms with van der Waals surface area (Å²) in [5.41, 5.74) is 0.376. The number of amides is 1. The molecule has 4 heterocycles. The molecule has 1 atom stereocenters. The Kier molecular flexibility index (Phi) is 5.55. The maximum absolute atomic E-state index is 13.2. The van der Waals surface area contributed by atoms with Gasteiger partial charge in [-0.15, -0.1) is 0 Å². The van der Waals surface area contributed by atoms with Crippen molar-refractivity contribution in [1.82, 2.24) is 24.7 Å². The van der Waals surface area contributed by atoms with Crippen LogP contribution in [0.1, 0.15) is 44.3 Å². The lowest BCUT2D eigenvalue weighted by Gasteiger charge is -2.35. The average molecular weight is 374 g/mol. The lowest BCUT2D eigenvalue weighted by atomic mass is 9.77. The maximum atomic E-state index is 13.2. The Morgan fingerprint density at radius 2 is 2.04 bits per heavy atom. The Morgan fingerprint density at radius 3 is 2.70 bits per heavy atom. The molecule has 6 heteroatoms. The number of rotatable bonds is 4. The predicted octanol–water partition coefficient (Wildman–Crippen LogP) is 1.89. The highest BCUT2D eigenvalue weighted by Crippen LogP contribution is 2.42. The summed E-state index contributed by atoms with van der Waals surface area (Å²) in [6.07, 6.45) is 10.9. The van der Waals surface area contributed by atoms with Crippen LogP contribution in [0.5, 0.6) is 0 Å². The first kappa shape index (κ1) is 18.9. The van der Waals surface area contributed by atoms with Crippen LogP contribution in [0.15, 0.2) is 12.4 Å². The second-order valence-electron chi connectivity index (χ2n) is 9.11. The average Bonchev–Trinajstić information content (AvgIpc) is 3.23. The molecule has 3 fully saturated rings. The van der Waals surface area contributed by atoms with E-state index < -0.39 is 0 Å². The maximum Gasteiger partial charge on any atom is 0.239 e. The van der Waals surface area contributed by atoms with Crippen molar-refractivity contribution in [1.29, 1.82) is 0 Å². The third-order valence-corrected chi connectivity index (χ3v) is 7.32. The molecule has 3 aliphatic rings. The second-order valence-corrected chi connectivity index (χ2v) is 9.11. The van der Waals surface area contributed by atoms with Crippen LogP contribution in [0, 0.1) is 18.3 Å². The van der Waals surface area contributed by atoms with Gasteiger partial charge in [-0.2, -0.15) is 0 Å². The van der Waals surface area contributed by atoms with Crippen molar-refractivity contribution in [3.05, 3.63) is 18.2 Å². The van der Waals surface area contributed by atoms with Crippen molar-refractivity contribution in [3.8, 4) is 0 Å². The first-order chi connectivity index (χ1) is 13.1. The van der Waals surface area contributed by atoms with Crippen LogP contribution < -0.4 is 5.32 Å². The van der Waals surface area contributed by atoms with Gasteiger partial charge in [0.2, 0.25) is 5.91 Å². The molecule has 0 aromatic carbocycles. The Labute approximate surface area is 163 Å². The molecule has 4 rings (SSSR count). The van der Waals surface area contributed by atoms with E-state index in [1.807, 2.05) is 6.20 Å². The SMILES string of the molecule is Cc1nccn1CCC1CCN(C(=O)[C@H]2CC3(CCNCC3)CN2C)CC1. The number of hydrogen-bond donors (Lipinski definition) is 1. The first-order valence-corrected chi connectivity index (χ1v) is 10.7. The fourth-order valence-electron chi connectivity index (χ4n) is 5.48. The van der Waals surface area contributed by atoms with Crippen molar-refractivity contribution < 1.29 is 4.79 Å². The number of piperidine rings is 2. The summed E-state index contributed by atoms with van der Waals surface area (Å²) in [5.74, 6) is 2.21. The fraction of sp³-hybridized carbons (Fsp3) is 0.810. The summed E-state index contributed by atoms with van der Waals surface area (Å²) >= 11 is 0. The number of carbonyl (C=O) groups excluding carboxylic acids is 1. The number of nitrogens with one attached hydrogen (secondary N) is 1. The zero-order valence-corrected chi connectivity index (χ0v) is 17.0. The Hall–Kier alpha value is -1.40. The second kappa shape index (κ2) is 7.92. The molecule has 1 aromatic heterocycles. The highest BCUT2D eigenvalue weighted by atomic mass is 16.2. The molecular weight excluding hydrogens is 338 g/mol. The van der Waals surface area contributed by atoms with Gasteiger partial charge in [0, 0.05) is 38.6 Å². The number of nitrogens with zero attached hydrogens (tertiary/aromatic N) is 4. The Morgan fingerprint density at radius 1 is 1.30 bits per heavy atom. The molecule has 3 aliphatic heterocycles. The smallest absolute Gasteiger partial charge is 0.239 e. The van der Waals surface area contributed by atoms with Gasteiger partial charge in [-0.1, -0.05) is 0 Å². The summed E-state index contributed by atoms with van der Waals surface area (Å²) in [5, 5.41) is 3.47. The number of likely N-dealkylation sites (tertiary alicyclic amines) is 2. The van der Waals surface area contributed by atoms with E-state index >= 15 is 0 Å². The largest absolute Gasteiger partial charge is 0.341 e. The lowest BCUT2D eigenvalue weighted by Crippen LogP contribution is -2.47. The van der Waals surface area contributed by atoms with Crippen LogP contribution in [-0.2, 0) is 11.3 Å². The normalized spacial score (nSPS) is 26.7. The zero-order valence-electron chi connectivity index (χ0n) is 17.0. The summed E-state index contributed by atoms with van der Waals surface area (Å²) < 4.78 is 2.24. The van der Waals surface area contributed by atoms with Crippen molar-refractivity contribution in [2.75, 3.05) is 39.8 Å². The van der Waals surface area contributed by atoms with Crippen molar-refractivity contribution in [2.24, 2.45) is 11.3 Å². The first-order valence-electron chi connectivity index (χ1n) is 10.7. The van der Waals surface area contributed by atoms with E-state index in [4.69, 9.17) is 0 Å². The minimum atomic E-state index is 0.105. The highest BCUT2D eigenvalue weighted by molar-refractivity contribution is 5.82. The van der Waals surface area contributed by atoms with E-state index in [9.17, 15) is 4.79 Å². The van der Waals surface area contributed by atoms with Gasteiger partial charge in [0.05, 0.1) is 6.04 Å². The summed E-state index contributed by atoms with van der Waals surface area (Å²) in [7, 11) is 2.15. The van der Waals surface area contributed by atoms with E-state index in [2.05, 4.69) is 44.8 Å². The Balaban J connectivity index is 1.26. The van der Waals surface area contributed by atoms with E-state index in [0.717, 1.165) is 70.3 Å². The standard InChI is InChI=1S/C21H35N5O/c1-17-23-10-14-25(17)11-3-18-4-12-26(13-5-18)20(27)19-15-21(16-24(19)2)6-8-22-9-7-21/h10,14,18-19,22H,3-9,11-13,15-16H2,1-2H3/t19-/m1/s1. The van der Waals surface area contributed by atoms with Crippen LogP contribution in [0.2, 0.25) is 0 Å². The van der Waals surface area contributed by atoms with Crippen molar-refractivity contribution >= 4 is 5.91 Å². The molecule has 150 valence electrons. The molecule has 1 N–H and O–H groups in total. The van der Waals surface area contributed by atoms with Crippen LogP contribution >= 0.6 is 0 Å². The highest BCUT2D eigenvalue weighted by Gasteiger charge is 2.46. The number of hydrogen-bond acceptors (Lipinski definition) is 4. The lowest BCUT2D eigenvalue weighted by molar-refractivity contribution is -0.137. The molecule has 0 bridgehead atoms. The molecule has 27 heavy (non-hydrogen) atoms. The predicted molar refractivity (Wildman–Crippen MR) is 106 cm³/mol. The third kappa shape index (κ3) is 4.06. The van der Waals surface area contributed by atoms with Gasteiger partial charge in [0.15, 0.2) is 0 Å². The number of imidazole rings is 1. The van der Waals surface area contributed by atoms with Gasteiger partial charge < -0.3 is 14.8 Å². The van der Waals surface area contributed by atoms with E-state index in [1.54, 1.807) is 0 Å².